The first-order valence-electron chi connectivity index (χ1n) is 6.26. The van der Waals surface area contributed by atoms with Crippen LogP contribution in [0.4, 0.5) is 0 Å². The number of hydrogen-bond acceptors (Lipinski definition) is 3. The fourth-order valence-corrected chi connectivity index (χ4v) is 2.31. The molecule has 0 aromatic heterocycles. The molecule has 0 radical (unpaired) electrons. The molecule has 1 atom stereocenters. The predicted molar refractivity (Wildman–Crippen MR) is 72.3 cm³/mol. The number of hydrogen-bond donors (Lipinski definition) is 2. The standard InChI is InChI=1S/C15H17N3/c1-3-7-13(8-4-1)11-18-15(16-12-17-18)14-9-5-2-6-10-14/h1-10,15-17H,11-12H2. The maximum atomic E-state index is 3.46. The third-order valence-corrected chi connectivity index (χ3v) is 3.20. The molecule has 92 valence electrons. The molecular formula is C15H17N3. The Bertz CT molecular complexity index is 484. The molecule has 3 heteroatoms. The second kappa shape index (κ2) is 5.31. The van der Waals surface area contributed by atoms with Gasteiger partial charge in [-0.25, -0.2) is 10.4 Å². The summed E-state index contributed by atoms with van der Waals surface area (Å²) in [5.74, 6) is 0. The number of nitrogens with one attached hydrogen (secondary N) is 2. The van der Waals surface area contributed by atoms with Crippen molar-refractivity contribution in [2.75, 3.05) is 6.67 Å². The van der Waals surface area contributed by atoms with Crippen LogP contribution in [-0.4, -0.2) is 11.7 Å². The average molecular weight is 239 g/mol. The second-order valence-electron chi connectivity index (χ2n) is 4.47. The maximum absolute atomic E-state index is 3.46. The molecule has 18 heavy (non-hydrogen) atoms. The summed E-state index contributed by atoms with van der Waals surface area (Å²) in [5.41, 5.74) is 5.98. The van der Waals surface area contributed by atoms with Crippen LogP contribution in [0.1, 0.15) is 17.3 Å². The molecule has 1 aliphatic heterocycles. The Hall–Kier alpha value is -1.68. The molecule has 2 aromatic rings. The largest absolute Gasteiger partial charge is 0.283 e. The van der Waals surface area contributed by atoms with E-state index in [2.05, 4.69) is 64.3 Å². The zero-order valence-electron chi connectivity index (χ0n) is 10.2. The highest BCUT2D eigenvalue weighted by Crippen LogP contribution is 2.20. The van der Waals surface area contributed by atoms with Crippen molar-refractivity contribution in [3.05, 3.63) is 71.8 Å². The van der Waals surface area contributed by atoms with Crippen LogP contribution in [0, 0.1) is 0 Å². The maximum Gasteiger partial charge on any atom is 0.101 e. The van der Waals surface area contributed by atoms with E-state index in [0.29, 0.717) is 0 Å². The van der Waals surface area contributed by atoms with Crippen molar-refractivity contribution in [3.63, 3.8) is 0 Å². The van der Waals surface area contributed by atoms with E-state index < -0.39 is 0 Å². The average Bonchev–Trinajstić information content (AvgIpc) is 2.89. The van der Waals surface area contributed by atoms with Gasteiger partial charge in [-0.3, -0.25) is 5.32 Å². The van der Waals surface area contributed by atoms with E-state index in [1.165, 1.54) is 11.1 Å². The molecule has 0 bridgehead atoms. The van der Waals surface area contributed by atoms with Gasteiger partial charge in [0, 0.05) is 6.54 Å². The van der Waals surface area contributed by atoms with Crippen LogP contribution in [0.5, 0.6) is 0 Å². The molecule has 2 aromatic carbocycles. The summed E-state index contributed by atoms with van der Waals surface area (Å²) in [6.45, 7) is 1.71. The number of nitrogens with zero attached hydrogens (tertiary/aromatic N) is 1. The van der Waals surface area contributed by atoms with E-state index in [-0.39, 0.29) is 6.17 Å². The molecule has 1 aliphatic rings. The summed E-state index contributed by atoms with van der Waals surface area (Å²) in [4.78, 5) is 0. The van der Waals surface area contributed by atoms with Crippen molar-refractivity contribution in [1.82, 2.24) is 15.8 Å². The highest BCUT2D eigenvalue weighted by Gasteiger charge is 2.24. The molecule has 1 fully saturated rings. The lowest BCUT2D eigenvalue weighted by molar-refractivity contribution is 0.172. The Morgan fingerprint density at radius 1 is 0.944 bits per heavy atom. The third-order valence-electron chi connectivity index (χ3n) is 3.20. The fourth-order valence-electron chi connectivity index (χ4n) is 2.31. The Balaban J connectivity index is 1.76. The van der Waals surface area contributed by atoms with Crippen molar-refractivity contribution in [2.24, 2.45) is 0 Å². The Morgan fingerprint density at radius 2 is 1.61 bits per heavy atom. The third kappa shape index (κ3) is 2.43. The molecule has 0 aliphatic carbocycles. The molecule has 1 heterocycles. The highest BCUT2D eigenvalue weighted by molar-refractivity contribution is 5.20. The lowest BCUT2D eigenvalue weighted by Crippen LogP contribution is -2.32. The topological polar surface area (TPSA) is 27.3 Å². The SMILES string of the molecule is c1ccc(CN2NCNC2c2ccccc2)cc1. The van der Waals surface area contributed by atoms with Crippen LogP contribution in [-0.2, 0) is 6.54 Å². The van der Waals surface area contributed by atoms with Gasteiger partial charge in [0.1, 0.15) is 6.17 Å². The fraction of sp³-hybridized carbons (Fsp3) is 0.200. The van der Waals surface area contributed by atoms with Gasteiger partial charge in [-0.1, -0.05) is 60.7 Å². The Morgan fingerprint density at radius 3 is 2.33 bits per heavy atom. The lowest BCUT2D eigenvalue weighted by Gasteiger charge is -2.23. The van der Waals surface area contributed by atoms with Crippen LogP contribution in [0.3, 0.4) is 0 Å². The van der Waals surface area contributed by atoms with Gasteiger partial charge in [0.15, 0.2) is 0 Å². The Kier molecular flexibility index (Phi) is 3.37. The summed E-state index contributed by atoms with van der Waals surface area (Å²) in [6.07, 6.45) is 0.242. The normalized spacial score (nSPS) is 20.1. The number of benzene rings is 2. The predicted octanol–water partition coefficient (Wildman–Crippen LogP) is 2.25. The van der Waals surface area contributed by atoms with E-state index in [4.69, 9.17) is 0 Å². The summed E-state index contributed by atoms with van der Waals surface area (Å²) >= 11 is 0. The van der Waals surface area contributed by atoms with Gasteiger partial charge in [0.05, 0.1) is 6.67 Å². The van der Waals surface area contributed by atoms with Crippen molar-refractivity contribution in [1.29, 1.82) is 0 Å². The summed E-state index contributed by atoms with van der Waals surface area (Å²) < 4.78 is 0. The minimum Gasteiger partial charge on any atom is -0.283 e. The first kappa shape index (κ1) is 11.4. The van der Waals surface area contributed by atoms with Gasteiger partial charge in [-0.05, 0) is 11.1 Å². The molecule has 1 saturated heterocycles. The monoisotopic (exact) mass is 239 g/mol. The summed E-state index contributed by atoms with van der Waals surface area (Å²) in [7, 11) is 0. The van der Waals surface area contributed by atoms with Crippen LogP contribution in [0.2, 0.25) is 0 Å². The zero-order valence-corrected chi connectivity index (χ0v) is 10.2. The number of hydrazine groups is 1. The minimum absolute atomic E-state index is 0.242. The van der Waals surface area contributed by atoms with Gasteiger partial charge in [0.2, 0.25) is 0 Å². The van der Waals surface area contributed by atoms with E-state index in [1.807, 2.05) is 12.1 Å². The minimum atomic E-state index is 0.242. The first-order chi connectivity index (χ1) is 8.93. The van der Waals surface area contributed by atoms with Gasteiger partial charge < -0.3 is 0 Å². The van der Waals surface area contributed by atoms with Gasteiger partial charge in [0.25, 0.3) is 0 Å². The van der Waals surface area contributed by atoms with Crippen LogP contribution < -0.4 is 10.7 Å². The molecule has 0 saturated carbocycles. The first-order valence-corrected chi connectivity index (χ1v) is 6.26. The zero-order chi connectivity index (χ0) is 12.2. The van der Waals surface area contributed by atoms with E-state index in [1.54, 1.807) is 0 Å². The molecule has 3 rings (SSSR count). The molecule has 1 unspecified atom stereocenters. The summed E-state index contributed by atoms with van der Waals surface area (Å²) in [6, 6.07) is 21.0. The quantitative estimate of drug-likeness (QED) is 0.860. The molecule has 2 N–H and O–H groups in total. The van der Waals surface area contributed by atoms with Gasteiger partial charge in [-0.2, -0.15) is 0 Å². The second-order valence-corrected chi connectivity index (χ2v) is 4.47. The summed E-state index contributed by atoms with van der Waals surface area (Å²) in [5, 5.41) is 5.70. The van der Waals surface area contributed by atoms with E-state index in [9.17, 15) is 0 Å². The van der Waals surface area contributed by atoms with Gasteiger partial charge in [-0.15, -0.1) is 0 Å². The van der Waals surface area contributed by atoms with Crippen LogP contribution in [0.15, 0.2) is 60.7 Å². The number of rotatable bonds is 3. The molecule has 0 amide bonds. The van der Waals surface area contributed by atoms with E-state index in [0.717, 1.165) is 13.2 Å². The smallest absolute Gasteiger partial charge is 0.101 e. The van der Waals surface area contributed by atoms with Crippen LogP contribution >= 0.6 is 0 Å². The molecule has 0 spiro atoms. The van der Waals surface area contributed by atoms with Crippen LogP contribution in [0.25, 0.3) is 0 Å². The van der Waals surface area contributed by atoms with Crippen molar-refractivity contribution in [2.45, 2.75) is 12.7 Å². The van der Waals surface area contributed by atoms with Gasteiger partial charge >= 0.3 is 0 Å². The highest BCUT2D eigenvalue weighted by atomic mass is 15.6. The van der Waals surface area contributed by atoms with Crippen molar-refractivity contribution >= 4 is 0 Å². The van der Waals surface area contributed by atoms with Crippen molar-refractivity contribution in [3.8, 4) is 0 Å². The van der Waals surface area contributed by atoms with Crippen molar-refractivity contribution < 1.29 is 0 Å². The lowest BCUT2D eigenvalue weighted by atomic mass is 10.1. The Labute approximate surface area is 107 Å². The van der Waals surface area contributed by atoms with E-state index >= 15 is 0 Å². The molecule has 3 nitrogen and oxygen atoms in total. The molecular weight excluding hydrogens is 222 g/mol.